The van der Waals surface area contributed by atoms with Crippen molar-refractivity contribution in [2.24, 2.45) is 0 Å². The molecule has 0 bridgehead atoms. The Morgan fingerprint density at radius 1 is 0.781 bits per heavy atom. The molecule has 0 atom stereocenters. The number of fused-ring (bicyclic) bond motifs is 1. The van der Waals surface area contributed by atoms with Gasteiger partial charge in [0.15, 0.2) is 0 Å². The number of benzene rings is 3. The number of hydrogen-bond donors (Lipinski definition) is 0. The molecule has 5 rings (SSSR count). The van der Waals surface area contributed by atoms with Crippen LogP contribution in [0.2, 0.25) is 0 Å². The van der Waals surface area contributed by atoms with Crippen LogP contribution in [0, 0.1) is 0 Å². The molecule has 0 saturated carbocycles. The molecule has 0 aliphatic heterocycles. The minimum absolute atomic E-state index is 0.203. The van der Waals surface area contributed by atoms with Crippen molar-refractivity contribution in [3.63, 3.8) is 0 Å². The molecule has 156 valence electrons. The molecule has 2 heterocycles. The van der Waals surface area contributed by atoms with E-state index in [2.05, 4.69) is 45.9 Å². The second kappa shape index (κ2) is 9.35. The third kappa shape index (κ3) is 4.29. The second-order valence-corrected chi connectivity index (χ2v) is 9.85. The number of carbonyl (C=O) groups is 1. The van der Waals surface area contributed by atoms with E-state index in [1.165, 1.54) is 5.56 Å². The van der Waals surface area contributed by atoms with Gasteiger partial charge in [-0.05, 0) is 0 Å². The molecule has 0 spiro atoms. The second-order valence-electron chi connectivity index (χ2n) is 7.66. The summed E-state index contributed by atoms with van der Waals surface area (Å²) in [7, 11) is 0. The number of para-hydroxylation sites is 1. The monoisotopic (exact) mass is 482 g/mol. The summed E-state index contributed by atoms with van der Waals surface area (Å²) in [5, 5.41) is 1.14. The fraction of sp³-hybridized carbons (Fsp3) is 0.0714. The van der Waals surface area contributed by atoms with E-state index in [-0.39, 0.29) is 19.6 Å². The maximum atomic E-state index is 13.8. The molecule has 0 aliphatic rings. The summed E-state index contributed by atoms with van der Waals surface area (Å²) in [6.45, 7) is 0.667. The number of pyridine rings is 1. The van der Waals surface area contributed by atoms with Crippen molar-refractivity contribution in [2.75, 3.05) is 0 Å². The first-order valence-corrected chi connectivity index (χ1v) is 12.3. The molecule has 0 radical (unpaired) electrons. The van der Waals surface area contributed by atoms with Gasteiger partial charge in [0, 0.05) is 0 Å². The van der Waals surface area contributed by atoms with E-state index < -0.39 is 0 Å². The van der Waals surface area contributed by atoms with E-state index in [4.69, 9.17) is 0 Å². The van der Waals surface area contributed by atoms with Gasteiger partial charge < -0.3 is 0 Å². The van der Waals surface area contributed by atoms with Crippen LogP contribution >= 0.6 is 0 Å². The van der Waals surface area contributed by atoms with Crippen molar-refractivity contribution in [3.05, 3.63) is 132 Å². The van der Waals surface area contributed by atoms with Crippen LogP contribution < -0.4 is 4.46 Å². The van der Waals surface area contributed by atoms with Gasteiger partial charge in [0.25, 0.3) is 0 Å². The van der Waals surface area contributed by atoms with Gasteiger partial charge in [-0.15, -0.1) is 0 Å². The molecular weight excluding hydrogens is 459 g/mol. The van der Waals surface area contributed by atoms with Gasteiger partial charge in [0.05, 0.1) is 0 Å². The summed E-state index contributed by atoms with van der Waals surface area (Å²) in [5.74, 6) is 0. The van der Waals surface area contributed by atoms with Crippen molar-refractivity contribution in [1.29, 1.82) is 0 Å². The SMILES string of the molecule is O=C([Se]c1ccccc1)c1c(Cc2cccnc2)c2ccccc2n1Cc1ccccc1. The standard InChI is InChI=1S/C28H22N2OSe/c31-28(32-23-13-5-2-6-14-23)27-25(18-22-12-9-17-29-19-22)24-15-7-8-16-26(24)30(27)20-21-10-3-1-4-11-21/h1-17,19H,18,20H2. The average molecular weight is 481 g/mol. The van der Waals surface area contributed by atoms with Gasteiger partial charge in [-0.1, -0.05) is 0 Å². The molecule has 4 heteroatoms. The zero-order valence-electron chi connectivity index (χ0n) is 17.5. The molecule has 0 unspecified atom stereocenters. The third-order valence-electron chi connectivity index (χ3n) is 5.51. The van der Waals surface area contributed by atoms with Crippen molar-refractivity contribution in [2.45, 2.75) is 13.0 Å². The van der Waals surface area contributed by atoms with Crippen LogP contribution in [0.5, 0.6) is 0 Å². The summed E-state index contributed by atoms with van der Waals surface area (Å²) in [6, 6.07) is 32.8. The van der Waals surface area contributed by atoms with E-state index in [0.29, 0.717) is 13.0 Å². The normalized spacial score (nSPS) is 11.0. The van der Waals surface area contributed by atoms with Crippen LogP contribution in [0.25, 0.3) is 10.9 Å². The topological polar surface area (TPSA) is 34.9 Å². The Hall–Kier alpha value is -3.46. The van der Waals surface area contributed by atoms with E-state index >= 15 is 0 Å². The molecule has 0 saturated heterocycles. The van der Waals surface area contributed by atoms with Gasteiger partial charge in [-0.2, -0.15) is 0 Å². The molecule has 2 aromatic heterocycles. The van der Waals surface area contributed by atoms with E-state index in [0.717, 1.165) is 32.2 Å². The average Bonchev–Trinajstić information content (AvgIpc) is 3.14. The van der Waals surface area contributed by atoms with Crippen molar-refractivity contribution < 1.29 is 4.79 Å². The van der Waals surface area contributed by atoms with Gasteiger partial charge >= 0.3 is 194 Å². The summed E-state index contributed by atoms with van der Waals surface area (Å²) >= 11 is -0.298. The maximum absolute atomic E-state index is 13.8. The van der Waals surface area contributed by atoms with Gasteiger partial charge in [-0.25, -0.2) is 0 Å². The van der Waals surface area contributed by atoms with Crippen LogP contribution in [-0.2, 0) is 13.0 Å². The Morgan fingerprint density at radius 3 is 2.22 bits per heavy atom. The predicted molar refractivity (Wildman–Crippen MR) is 131 cm³/mol. The summed E-state index contributed by atoms with van der Waals surface area (Å²) in [5.41, 5.74) is 5.30. The Balaban J connectivity index is 1.67. The first kappa shape index (κ1) is 20.4. The molecule has 3 nitrogen and oxygen atoms in total. The van der Waals surface area contributed by atoms with Crippen LogP contribution in [-0.4, -0.2) is 29.2 Å². The summed E-state index contributed by atoms with van der Waals surface area (Å²) in [6.07, 6.45) is 4.36. The quantitative estimate of drug-likeness (QED) is 0.312. The van der Waals surface area contributed by atoms with Gasteiger partial charge in [-0.3, -0.25) is 0 Å². The number of nitrogens with zero attached hydrogens (tertiary/aromatic N) is 2. The van der Waals surface area contributed by atoms with Crippen LogP contribution in [0.4, 0.5) is 0 Å². The van der Waals surface area contributed by atoms with Crippen LogP contribution in [0.1, 0.15) is 27.2 Å². The van der Waals surface area contributed by atoms with E-state index in [1.54, 1.807) is 6.20 Å². The summed E-state index contributed by atoms with van der Waals surface area (Å²) < 4.78 is 3.51. The number of hydrogen-bond acceptors (Lipinski definition) is 2. The first-order chi connectivity index (χ1) is 15.8. The Bertz CT molecular complexity index is 1270. The number of carbonyl (C=O) groups excluding carboxylic acids is 1. The van der Waals surface area contributed by atoms with Crippen LogP contribution in [0.3, 0.4) is 0 Å². The molecule has 32 heavy (non-hydrogen) atoms. The third-order valence-corrected chi connectivity index (χ3v) is 7.37. The van der Waals surface area contributed by atoms with E-state index in [9.17, 15) is 4.79 Å². The minimum atomic E-state index is -0.298. The zero-order chi connectivity index (χ0) is 21.8. The molecule has 5 aromatic rings. The van der Waals surface area contributed by atoms with Crippen molar-refractivity contribution in [1.82, 2.24) is 9.55 Å². The summed E-state index contributed by atoms with van der Waals surface area (Å²) in [4.78, 5) is 18.1. The zero-order valence-corrected chi connectivity index (χ0v) is 19.2. The Labute approximate surface area is 193 Å². The molecular formula is C28H22N2OSe. The molecule has 0 aliphatic carbocycles. The molecule has 0 amide bonds. The fourth-order valence-corrected chi connectivity index (χ4v) is 5.83. The number of aromatic nitrogens is 2. The van der Waals surface area contributed by atoms with E-state index in [1.807, 2.05) is 66.9 Å². The van der Waals surface area contributed by atoms with Gasteiger partial charge in [0.1, 0.15) is 0 Å². The number of rotatable bonds is 7. The van der Waals surface area contributed by atoms with Crippen molar-refractivity contribution in [3.8, 4) is 0 Å². The molecule has 0 N–H and O–H groups in total. The van der Waals surface area contributed by atoms with Gasteiger partial charge in [0.2, 0.25) is 0 Å². The predicted octanol–water partition coefficient (Wildman–Crippen LogP) is 4.85. The Morgan fingerprint density at radius 2 is 1.47 bits per heavy atom. The molecule has 3 aromatic carbocycles. The van der Waals surface area contributed by atoms with Crippen molar-refractivity contribution >= 4 is 35.0 Å². The molecule has 0 fully saturated rings. The fourth-order valence-electron chi connectivity index (χ4n) is 4.07. The Kier molecular flexibility index (Phi) is 5.98. The van der Waals surface area contributed by atoms with Crippen LogP contribution in [0.15, 0.2) is 109 Å². The first-order valence-electron chi connectivity index (χ1n) is 10.6.